The highest BCUT2D eigenvalue weighted by Gasteiger charge is 2.11. The fraction of sp³-hybridized carbons (Fsp3) is 0.348. The summed E-state index contributed by atoms with van der Waals surface area (Å²) >= 11 is 5.25. The lowest BCUT2D eigenvalue weighted by atomic mass is 10.1. The Labute approximate surface area is 183 Å². The van der Waals surface area contributed by atoms with E-state index in [-0.39, 0.29) is 22.8 Å². The van der Waals surface area contributed by atoms with Crippen LogP contribution in [0.15, 0.2) is 48.5 Å². The zero-order valence-corrected chi connectivity index (χ0v) is 18.6. The molecule has 0 fully saturated rings. The number of benzene rings is 2. The summed E-state index contributed by atoms with van der Waals surface area (Å²) in [5.41, 5.74) is 1.77. The van der Waals surface area contributed by atoms with Crippen LogP contribution in [-0.4, -0.2) is 23.5 Å². The summed E-state index contributed by atoms with van der Waals surface area (Å²) in [7, 11) is 0. The third-order valence-corrected chi connectivity index (χ3v) is 4.40. The summed E-state index contributed by atoms with van der Waals surface area (Å²) in [6.45, 7) is 8.52. The number of rotatable bonds is 8. The van der Waals surface area contributed by atoms with Crippen LogP contribution in [0, 0.1) is 11.8 Å². The molecule has 0 aliphatic rings. The summed E-state index contributed by atoms with van der Waals surface area (Å²) in [5.74, 6) is 0.685. The minimum Gasteiger partial charge on any atom is -0.494 e. The third kappa shape index (κ3) is 7.83. The molecule has 0 saturated heterocycles. The van der Waals surface area contributed by atoms with Gasteiger partial charge in [0.25, 0.3) is 5.91 Å². The van der Waals surface area contributed by atoms with E-state index in [1.165, 1.54) is 0 Å². The molecule has 0 heterocycles. The van der Waals surface area contributed by atoms with Gasteiger partial charge in [-0.1, -0.05) is 39.8 Å². The van der Waals surface area contributed by atoms with E-state index in [2.05, 4.69) is 29.8 Å². The van der Waals surface area contributed by atoms with Gasteiger partial charge in [0, 0.05) is 22.9 Å². The fourth-order valence-corrected chi connectivity index (χ4v) is 2.65. The molecule has 0 aliphatic carbocycles. The van der Waals surface area contributed by atoms with Crippen LogP contribution in [0.5, 0.6) is 5.75 Å². The van der Waals surface area contributed by atoms with Crippen molar-refractivity contribution in [2.45, 2.75) is 34.1 Å². The predicted octanol–water partition coefficient (Wildman–Crippen LogP) is 4.83. The largest absolute Gasteiger partial charge is 0.494 e. The van der Waals surface area contributed by atoms with Gasteiger partial charge >= 0.3 is 0 Å². The molecule has 0 unspecified atom stereocenters. The summed E-state index contributed by atoms with van der Waals surface area (Å²) in [6.07, 6.45) is 0.946. The molecule has 30 heavy (non-hydrogen) atoms. The van der Waals surface area contributed by atoms with E-state index in [0.717, 1.165) is 6.42 Å². The van der Waals surface area contributed by atoms with Crippen molar-refractivity contribution in [3.63, 3.8) is 0 Å². The van der Waals surface area contributed by atoms with Gasteiger partial charge in [0.05, 0.1) is 6.61 Å². The molecular formula is C23H29N3O3S. The predicted molar refractivity (Wildman–Crippen MR) is 125 cm³/mol. The zero-order valence-electron chi connectivity index (χ0n) is 17.8. The Morgan fingerprint density at radius 3 is 2.30 bits per heavy atom. The number of thiocarbonyl (C=S) groups is 1. The summed E-state index contributed by atoms with van der Waals surface area (Å²) < 4.78 is 5.71. The molecule has 2 rings (SSSR count). The molecule has 2 aromatic carbocycles. The summed E-state index contributed by atoms with van der Waals surface area (Å²) in [6, 6.07) is 14.1. The molecule has 2 aromatic rings. The standard InChI is InChI=1S/C23H29N3O3S/c1-15(2)11-12-29-20-10-5-7-17(13-20)22(28)26-23(30)25-19-9-6-8-18(14-19)24-21(27)16(3)4/h5-10,13-16H,11-12H2,1-4H3,(H,24,27)(H2,25,26,28,30). The second kappa shape index (κ2) is 11.3. The maximum Gasteiger partial charge on any atom is 0.257 e. The van der Waals surface area contributed by atoms with Gasteiger partial charge in [-0.05, 0) is 61.0 Å². The highest BCUT2D eigenvalue weighted by molar-refractivity contribution is 7.80. The molecule has 0 spiro atoms. The Morgan fingerprint density at radius 1 is 0.967 bits per heavy atom. The first kappa shape index (κ1) is 23.3. The lowest BCUT2D eigenvalue weighted by Crippen LogP contribution is -2.34. The van der Waals surface area contributed by atoms with Crippen LogP contribution < -0.4 is 20.7 Å². The van der Waals surface area contributed by atoms with Crippen LogP contribution in [-0.2, 0) is 4.79 Å². The molecular weight excluding hydrogens is 398 g/mol. The van der Waals surface area contributed by atoms with Gasteiger partial charge in [-0.15, -0.1) is 0 Å². The van der Waals surface area contributed by atoms with Crippen molar-refractivity contribution in [3.05, 3.63) is 54.1 Å². The number of hydrogen-bond acceptors (Lipinski definition) is 4. The average Bonchev–Trinajstić information content (AvgIpc) is 2.68. The lowest BCUT2D eigenvalue weighted by molar-refractivity contribution is -0.118. The zero-order chi connectivity index (χ0) is 22.1. The number of nitrogens with one attached hydrogen (secondary N) is 3. The minimum atomic E-state index is -0.328. The topological polar surface area (TPSA) is 79.5 Å². The fourth-order valence-electron chi connectivity index (χ4n) is 2.44. The first-order valence-electron chi connectivity index (χ1n) is 10.0. The van der Waals surface area contributed by atoms with Crippen LogP contribution in [0.3, 0.4) is 0 Å². The third-order valence-electron chi connectivity index (χ3n) is 4.20. The molecule has 0 radical (unpaired) electrons. The molecule has 3 N–H and O–H groups in total. The number of ether oxygens (including phenoxy) is 1. The maximum absolute atomic E-state index is 12.5. The first-order chi connectivity index (χ1) is 14.2. The van der Waals surface area contributed by atoms with Gasteiger partial charge in [0.2, 0.25) is 5.91 Å². The van der Waals surface area contributed by atoms with Crippen molar-refractivity contribution in [2.24, 2.45) is 11.8 Å². The van der Waals surface area contributed by atoms with Crippen LogP contribution in [0.2, 0.25) is 0 Å². The molecule has 0 aromatic heterocycles. The smallest absolute Gasteiger partial charge is 0.257 e. The van der Waals surface area contributed by atoms with Crippen molar-refractivity contribution in [3.8, 4) is 5.75 Å². The first-order valence-corrected chi connectivity index (χ1v) is 10.4. The van der Waals surface area contributed by atoms with E-state index in [9.17, 15) is 9.59 Å². The molecule has 6 nitrogen and oxygen atoms in total. The van der Waals surface area contributed by atoms with Crippen molar-refractivity contribution in [1.82, 2.24) is 5.32 Å². The Morgan fingerprint density at radius 2 is 1.63 bits per heavy atom. The van der Waals surface area contributed by atoms with E-state index in [4.69, 9.17) is 17.0 Å². The average molecular weight is 428 g/mol. The molecule has 0 bridgehead atoms. The van der Waals surface area contributed by atoms with Crippen molar-refractivity contribution in [2.75, 3.05) is 17.2 Å². The van der Waals surface area contributed by atoms with Gasteiger partial charge in [0.1, 0.15) is 5.75 Å². The van der Waals surface area contributed by atoms with Gasteiger partial charge < -0.3 is 15.4 Å². The van der Waals surface area contributed by atoms with Crippen molar-refractivity contribution >= 4 is 40.5 Å². The van der Waals surface area contributed by atoms with Gasteiger partial charge in [0.15, 0.2) is 5.11 Å². The Balaban J connectivity index is 1.93. The quantitative estimate of drug-likeness (QED) is 0.526. The summed E-state index contributed by atoms with van der Waals surface area (Å²) in [4.78, 5) is 24.4. The highest BCUT2D eigenvalue weighted by atomic mass is 32.1. The van der Waals surface area contributed by atoms with E-state index < -0.39 is 0 Å². The molecule has 2 amide bonds. The van der Waals surface area contributed by atoms with Crippen molar-refractivity contribution < 1.29 is 14.3 Å². The van der Waals surface area contributed by atoms with Crippen molar-refractivity contribution in [1.29, 1.82) is 0 Å². The van der Waals surface area contributed by atoms with Crippen LogP contribution in [0.4, 0.5) is 11.4 Å². The molecule has 0 atom stereocenters. The Kier molecular flexibility index (Phi) is 8.80. The van der Waals surface area contributed by atoms with E-state index in [1.807, 2.05) is 19.9 Å². The Hall–Kier alpha value is -2.93. The van der Waals surface area contributed by atoms with Crippen LogP contribution >= 0.6 is 12.2 Å². The normalized spacial score (nSPS) is 10.6. The lowest BCUT2D eigenvalue weighted by Gasteiger charge is -2.13. The molecule has 7 heteroatoms. The second-order valence-electron chi connectivity index (χ2n) is 7.69. The monoisotopic (exact) mass is 427 g/mol. The Bertz CT molecular complexity index is 897. The minimum absolute atomic E-state index is 0.0708. The van der Waals surface area contributed by atoms with Gasteiger partial charge in [-0.2, -0.15) is 0 Å². The van der Waals surface area contributed by atoms with E-state index >= 15 is 0 Å². The number of anilines is 2. The van der Waals surface area contributed by atoms with Crippen LogP contribution in [0.1, 0.15) is 44.5 Å². The van der Waals surface area contributed by atoms with E-state index in [0.29, 0.717) is 35.2 Å². The van der Waals surface area contributed by atoms with Gasteiger partial charge in [-0.3, -0.25) is 14.9 Å². The maximum atomic E-state index is 12.5. The number of carbonyl (C=O) groups is 2. The summed E-state index contributed by atoms with van der Waals surface area (Å²) in [5, 5.41) is 8.62. The highest BCUT2D eigenvalue weighted by Crippen LogP contribution is 2.17. The molecule has 0 saturated carbocycles. The molecule has 160 valence electrons. The number of hydrogen-bond donors (Lipinski definition) is 3. The number of amides is 2. The molecule has 0 aliphatic heterocycles. The van der Waals surface area contributed by atoms with E-state index in [1.54, 1.807) is 42.5 Å². The van der Waals surface area contributed by atoms with Crippen LogP contribution in [0.25, 0.3) is 0 Å². The SMILES string of the molecule is CC(C)CCOc1cccc(C(=O)NC(=S)Nc2cccc(NC(=O)C(C)C)c2)c1. The second-order valence-corrected chi connectivity index (χ2v) is 8.10. The number of carbonyl (C=O) groups excluding carboxylic acids is 2. The van der Waals surface area contributed by atoms with Gasteiger partial charge in [-0.25, -0.2) is 0 Å².